The van der Waals surface area contributed by atoms with Crippen LogP contribution in [0.1, 0.15) is 11.3 Å². The van der Waals surface area contributed by atoms with Crippen molar-refractivity contribution >= 4 is 11.7 Å². The molecule has 5 heteroatoms. The number of urea groups is 1. The van der Waals surface area contributed by atoms with Crippen molar-refractivity contribution in [2.45, 2.75) is 13.5 Å². The molecule has 4 nitrogen and oxygen atoms in total. The highest BCUT2D eigenvalue weighted by atomic mass is 19.1. The Bertz CT molecular complexity index is 601. The number of aromatic nitrogens is 1. The number of nitrogens with one attached hydrogen (secondary N) is 1. The predicted octanol–water partition coefficient (Wildman–Crippen LogP) is 3.19. The Kier molecular flexibility index (Phi) is 4.30. The molecule has 0 atom stereocenters. The number of benzene rings is 1. The van der Waals surface area contributed by atoms with Crippen molar-refractivity contribution in [2.75, 3.05) is 12.4 Å². The summed E-state index contributed by atoms with van der Waals surface area (Å²) in [5.41, 5.74) is 1.75. The molecular weight excluding hydrogens is 257 g/mol. The molecule has 0 radical (unpaired) electrons. The largest absolute Gasteiger partial charge is 0.322 e. The maximum Gasteiger partial charge on any atom is 0.322 e. The van der Waals surface area contributed by atoms with Crippen LogP contribution in [0.15, 0.2) is 42.6 Å². The lowest BCUT2D eigenvalue weighted by atomic mass is 10.2. The fourth-order valence-corrected chi connectivity index (χ4v) is 1.74. The minimum atomic E-state index is -0.440. The van der Waals surface area contributed by atoms with Crippen LogP contribution in [-0.4, -0.2) is 23.0 Å². The second-order valence-corrected chi connectivity index (χ2v) is 4.59. The number of rotatable bonds is 3. The fourth-order valence-electron chi connectivity index (χ4n) is 1.74. The second kappa shape index (κ2) is 6.14. The van der Waals surface area contributed by atoms with Crippen LogP contribution in [-0.2, 0) is 6.54 Å². The monoisotopic (exact) mass is 273 g/mol. The van der Waals surface area contributed by atoms with Crippen LogP contribution in [0.2, 0.25) is 0 Å². The molecule has 104 valence electrons. The van der Waals surface area contributed by atoms with Gasteiger partial charge >= 0.3 is 6.03 Å². The standard InChI is InChI=1S/C15H16FN3O/c1-11-6-7-14(13(16)9-11)18-15(20)19(2)10-12-5-3-4-8-17-12/h3-9H,10H2,1-2H3,(H,18,20). The molecule has 0 saturated heterocycles. The van der Waals surface area contributed by atoms with Gasteiger partial charge in [-0.2, -0.15) is 0 Å². The Morgan fingerprint density at radius 3 is 2.80 bits per heavy atom. The van der Waals surface area contributed by atoms with E-state index in [2.05, 4.69) is 10.3 Å². The smallest absolute Gasteiger partial charge is 0.322 e. The van der Waals surface area contributed by atoms with Gasteiger partial charge in [0.15, 0.2) is 0 Å². The molecule has 2 rings (SSSR count). The zero-order valence-corrected chi connectivity index (χ0v) is 11.4. The number of pyridine rings is 1. The van der Waals surface area contributed by atoms with E-state index in [4.69, 9.17) is 0 Å². The number of hydrogen-bond acceptors (Lipinski definition) is 2. The molecule has 2 amide bonds. The minimum Gasteiger partial charge on any atom is -0.322 e. The lowest BCUT2D eigenvalue weighted by Gasteiger charge is -2.17. The summed E-state index contributed by atoms with van der Waals surface area (Å²) in [6, 6.07) is 9.80. The number of anilines is 1. The van der Waals surface area contributed by atoms with Crippen molar-refractivity contribution < 1.29 is 9.18 Å². The highest BCUT2D eigenvalue weighted by Gasteiger charge is 2.12. The number of nitrogens with zero attached hydrogens (tertiary/aromatic N) is 2. The third kappa shape index (κ3) is 3.54. The zero-order valence-electron chi connectivity index (χ0n) is 11.4. The van der Waals surface area contributed by atoms with Gasteiger partial charge in [0.05, 0.1) is 17.9 Å². The van der Waals surface area contributed by atoms with Crippen LogP contribution >= 0.6 is 0 Å². The maximum absolute atomic E-state index is 13.7. The summed E-state index contributed by atoms with van der Waals surface area (Å²) in [6.07, 6.45) is 1.67. The van der Waals surface area contributed by atoms with Gasteiger partial charge in [-0.25, -0.2) is 9.18 Å². The summed E-state index contributed by atoms with van der Waals surface area (Å²) >= 11 is 0. The van der Waals surface area contributed by atoms with Gasteiger partial charge in [-0.05, 0) is 36.8 Å². The minimum absolute atomic E-state index is 0.175. The third-order valence-corrected chi connectivity index (χ3v) is 2.84. The van der Waals surface area contributed by atoms with Gasteiger partial charge in [0.2, 0.25) is 0 Å². The van der Waals surface area contributed by atoms with Gasteiger partial charge < -0.3 is 10.2 Å². The molecule has 0 saturated carbocycles. The van der Waals surface area contributed by atoms with Crippen LogP contribution in [0.5, 0.6) is 0 Å². The Hall–Kier alpha value is -2.43. The summed E-state index contributed by atoms with van der Waals surface area (Å²) < 4.78 is 13.7. The number of carbonyl (C=O) groups excluding carboxylic acids is 1. The van der Waals surface area contributed by atoms with E-state index in [0.717, 1.165) is 11.3 Å². The topological polar surface area (TPSA) is 45.2 Å². The molecule has 0 aliphatic rings. The van der Waals surface area contributed by atoms with Crippen LogP contribution in [0.4, 0.5) is 14.9 Å². The number of hydrogen-bond donors (Lipinski definition) is 1. The van der Waals surface area contributed by atoms with Crippen LogP contribution in [0, 0.1) is 12.7 Å². The molecule has 1 aromatic carbocycles. The summed E-state index contributed by atoms with van der Waals surface area (Å²) in [4.78, 5) is 17.6. The molecular formula is C15H16FN3O. The molecule has 0 aliphatic heterocycles. The third-order valence-electron chi connectivity index (χ3n) is 2.84. The normalized spacial score (nSPS) is 10.2. The van der Waals surface area contributed by atoms with Crippen molar-refractivity contribution in [1.82, 2.24) is 9.88 Å². The van der Waals surface area contributed by atoms with Crippen molar-refractivity contribution in [3.63, 3.8) is 0 Å². The lowest BCUT2D eigenvalue weighted by Crippen LogP contribution is -2.31. The van der Waals surface area contributed by atoms with Gasteiger partial charge in [0.1, 0.15) is 5.82 Å². The van der Waals surface area contributed by atoms with E-state index in [9.17, 15) is 9.18 Å². The van der Waals surface area contributed by atoms with Crippen LogP contribution in [0.25, 0.3) is 0 Å². The molecule has 2 aromatic rings. The molecule has 1 N–H and O–H groups in total. The Balaban J connectivity index is 2.01. The first-order chi connectivity index (χ1) is 9.56. The van der Waals surface area contributed by atoms with E-state index >= 15 is 0 Å². The van der Waals surface area contributed by atoms with E-state index in [1.54, 1.807) is 32.3 Å². The highest BCUT2D eigenvalue weighted by Crippen LogP contribution is 2.15. The Morgan fingerprint density at radius 2 is 2.15 bits per heavy atom. The zero-order chi connectivity index (χ0) is 14.5. The maximum atomic E-state index is 13.7. The molecule has 0 aliphatic carbocycles. The number of halogens is 1. The van der Waals surface area contributed by atoms with E-state index in [0.29, 0.717) is 6.54 Å². The molecule has 0 fully saturated rings. The molecule has 0 spiro atoms. The second-order valence-electron chi connectivity index (χ2n) is 4.59. The first kappa shape index (κ1) is 14.0. The first-order valence-electron chi connectivity index (χ1n) is 6.24. The quantitative estimate of drug-likeness (QED) is 0.933. The van der Waals surface area contributed by atoms with E-state index in [1.807, 2.05) is 18.2 Å². The first-order valence-corrected chi connectivity index (χ1v) is 6.24. The summed E-state index contributed by atoms with van der Waals surface area (Å²) in [6.45, 7) is 2.15. The van der Waals surface area contributed by atoms with Gasteiger partial charge in [0.25, 0.3) is 0 Å². The van der Waals surface area contributed by atoms with E-state index < -0.39 is 5.82 Å². The van der Waals surface area contributed by atoms with Gasteiger partial charge in [-0.3, -0.25) is 4.98 Å². The van der Waals surface area contributed by atoms with Gasteiger partial charge in [-0.15, -0.1) is 0 Å². The number of amides is 2. The number of carbonyl (C=O) groups is 1. The van der Waals surface area contributed by atoms with Crippen molar-refractivity contribution in [3.05, 3.63) is 59.7 Å². The summed E-state index contributed by atoms with van der Waals surface area (Å²) in [5, 5.41) is 2.54. The van der Waals surface area contributed by atoms with Gasteiger partial charge in [0, 0.05) is 13.2 Å². The predicted molar refractivity (Wildman–Crippen MR) is 75.9 cm³/mol. The summed E-state index contributed by atoms with van der Waals surface area (Å²) in [5.74, 6) is -0.440. The van der Waals surface area contributed by atoms with Crippen LogP contribution in [0.3, 0.4) is 0 Å². The molecule has 1 heterocycles. The van der Waals surface area contributed by atoms with E-state index in [1.165, 1.54) is 11.0 Å². The summed E-state index contributed by atoms with van der Waals surface area (Å²) in [7, 11) is 1.64. The van der Waals surface area contributed by atoms with Crippen LogP contribution < -0.4 is 5.32 Å². The van der Waals surface area contributed by atoms with Crippen molar-refractivity contribution in [1.29, 1.82) is 0 Å². The number of aryl methyl sites for hydroxylation is 1. The average Bonchev–Trinajstić information content (AvgIpc) is 2.43. The highest BCUT2D eigenvalue weighted by molar-refractivity contribution is 5.89. The Labute approximate surface area is 117 Å². The van der Waals surface area contributed by atoms with Crippen molar-refractivity contribution in [3.8, 4) is 0 Å². The fraction of sp³-hybridized carbons (Fsp3) is 0.200. The Morgan fingerprint density at radius 1 is 1.35 bits per heavy atom. The van der Waals surface area contributed by atoms with E-state index in [-0.39, 0.29) is 11.7 Å². The molecule has 20 heavy (non-hydrogen) atoms. The average molecular weight is 273 g/mol. The van der Waals surface area contributed by atoms with Gasteiger partial charge in [-0.1, -0.05) is 12.1 Å². The molecule has 1 aromatic heterocycles. The SMILES string of the molecule is Cc1ccc(NC(=O)N(C)Cc2ccccn2)c(F)c1. The molecule has 0 unspecified atom stereocenters. The van der Waals surface area contributed by atoms with Crippen molar-refractivity contribution in [2.24, 2.45) is 0 Å². The molecule has 0 bridgehead atoms. The lowest BCUT2D eigenvalue weighted by molar-refractivity contribution is 0.220.